The van der Waals surface area contributed by atoms with Crippen LogP contribution in [0.3, 0.4) is 0 Å². The highest BCUT2D eigenvalue weighted by Crippen LogP contribution is 2.26. The van der Waals surface area contributed by atoms with E-state index < -0.39 is 38.4 Å². The van der Waals surface area contributed by atoms with E-state index in [-0.39, 0.29) is 12.2 Å². The molecule has 1 aromatic rings. The summed E-state index contributed by atoms with van der Waals surface area (Å²) in [6, 6.07) is 4.07. The molecule has 2 rings (SSSR count). The van der Waals surface area contributed by atoms with Crippen LogP contribution in [0.1, 0.15) is 12.8 Å². The molecule has 7 nitrogen and oxygen atoms in total. The summed E-state index contributed by atoms with van der Waals surface area (Å²) in [5.41, 5.74) is -0.256. The summed E-state index contributed by atoms with van der Waals surface area (Å²) in [5, 5.41) is 11.3. The fourth-order valence-electron chi connectivity index (χ4n) is 2.58. The molecule has 24 heavy (non-hydrogen) atoms. The van der Waals surface area contributed by atoms with Crippen molar-refractivity contribution in [2.75, 3.05) is 18.4 Å². The Morgan fingerprint density at radius 2 is 2.00 bits per heavy atom. The van der Waals surface area contributed by atoms with Gasteiger partial charge in [-0.15, -0.1) is 0 Å². The van der Waals surface area contributed by atoms with Crippen molar-refractivity contribution in [1.82, 2.24) is 4.90 Å². The van der Waals surface area contributed by atoms with Crippen LogP contribution in [0.2, 0.25) is 0 Å². The van der Waals surface area contributed by atoms with Gasteiger partial charge in [-0.25, -0.2) is 8.42 Å². The number of hydrogen-bond donors (Lipinski definition) is 2. The predicted octanol–water partition coefficient (Wildman–Crippen LogP) is 1.17. The number of nitrogens with zero attached hydrogens (tertiary/aromatic N) is 1. The van der Waals surface area contributed by atoms with Gasteiger partial charge in [-0.1, -0.05) is 12.1 Å². The van der Waals surface area contributed by atoms with Crippen molar-refractivity contribution >= 4 is 27.4 Å². The number of carboxylic acid groups (broad SMARTS) is 1. The summed E-state index contributed by atoms with van der Waals surface area (Å²) in [6.45, 7) is 0.154. The van der Waals surface area contributed by atoms with Gasteiger partial charge in [0.15, 0.2) is 0 Å². The molecule has 0 spiro atoms. The van der Waals surface area contributed by atoms with Gasteiger partial charge in [-0.3, -0.25) is 14.5 Å². The third-order valence-corrected chi connectivity index (χ3v) is 5.14. The molecule has 2 N–H and O–H groups in total. The Hall–Kier alpha value is -2.07. The van der Waals surface area contributed by atoms with E-state index in [2.05, 4.69) is 5.32 Å². The molecule has 0 aliphatic carbocycles. The Bertz CT molecular complexity index is 738. The maximum absolute atomic E-state index is 12.7. The minimum atomic E-state index is -4.86. The number of aliphatic carboxylic acids is 1. The number of para-hydroxylation sites is 1. The van der Waals surface area contributed by atoms with E-state index in [1.54, 1.807) is 0 Å². The molecule has 1 aromatic carbocycles. The zero-order chi connectivity index (χ0) is 17.9. The third kappa shape index (κ3) is 3.88. The molecule has 0 saturated carbocycles. The van der Waals surface area contributed by atoms with Crippen molar-refractivity contribution in [3.8, 4) is 0 Å². The Morgan fingerprint density at radius 3 is 2.62 bits per heavy atom. The second kappa shape index (κ2) is 7.22. The molecule has 1 saturated heterocycles. The number of sulfone groups is 1. The molecule has 10 heteroatoms. The van der Waals surface area contributed by atoms with E-state index in [4.69, 9.17) is 5.11 Å². The van der Waals surface area contributed by atoms with Gasteiger partial charge in [-0.05, 0) is 31.5 Å². The van der Waals surface area contributed by atoms with E-state index in [0.29, 0.717) is 19.4 Å². The van der Waals surface area contributed by atoms with Gasteiger partial charge in [-0.2, -0.15) is 8.78 Å². The Morgan fingerprint density at radius 1 is 1.33 bits per heavy atom. The average molecular weight is 362 g/mol. The Balaban J connectivity index is 2.14. The number of halogens is 2. The van der Waals surface area contributed by atoms with Crippen molar-refractivity contribution in [1.29, 1.82) is 0 Å². The number of carbonyl (C=O) groups is 2. The lowest BCUT2D eigenvalue weighted by atomic mass is 10.2. The maximum Gasteiger partial charge on any atom is 0.341 e. The molecular weight excluding hydrogens is 346 g/mol. The first-order chi connectivity index (χ1) is 11.2. The van der Waals surface area contributed by atoms with Crippen molar-refractivity contribution in [3.63, 3.8) is 0 Å². The third-order valence-electron chi connectivity index (χ3n) is 3.70. The highest BCUT2D eigenvalue weighted by molar-refractivity contribution is 7.91. The lowest BCUT2D eigenvalue weighted by molar-refractivity contribution is -0.142. The standard InChI is InChI=1S/C14H16F2N2O5S/c15-14(16)24(22,23)11-6-2-1-4-9(11)17-12(19)8-18-7-3-5-10(18)13(20)21/h1-2,4,6,10,14H,3,5,7-8H2,(H,17,19)(H,20,21)/t10-/m0/s1. The van der Waals surface area contributed by atoms with Gasteiger partial charge in [0.25, 0.3) is 0 Å². The van der Waals surface area contributed by atoms with E-state index in [1.807, 2.05) is 0 Å². The number of amides is 1. The second-order valence-electron chi connectivity index (χ2n) is 5.32. The van der Waals surface area contributed by atoms with Crippen LogP contribution in [0.25, 0.3) is 0 Å². The molecule has 0 radical (unpaired) electrons. The molecule has 0 unspecified atom stereocenters. The van der Waals surface area contributed by atoms with Crippen LogP contribution < -0.4 is 5.32 Å². The monoisotopic (exact) mass is 362 g/mol. The zero-order valence-corrected chi connectivity index (χ0v) is 13.3. The van der Waals surface area contributed by atoms with Crippen molar-refractivity contribution in [2.24, 2.45) is 0 Å². The maximum atomic E-state index is 12.7. The smallest absolute Gasteiger partial charge is 0.341 e. The number of rotatable bonds is 6. The summed E-state index contributed by atoms with van der Waals surface area (Å²) in [6.07, 6.45) is 1.04. The van der Waals surface area contributed by atoms with Gasteiger partial charge in [0.1, 0.15) is 6.04 Å². The summed E-state index contributed by atoms with van der Waals surface area (Å²) in [7, 11) is -4.86. The van der Waals surface area contributed by atoms with Crippen molar-refractivity contribution < 1.29 is 31.9 Å². The fourth-order valence-corrected chi connectivity index (χ4v) is 3.47. The minimum absolute atomic E-state index is 0.256. The number of alkyl halides is 2. The Labute approximate surface area is 137 Å². The molecular formula is C14H16F2N2O5S. The quantitative estimate of drug-likeness (QED) is 0.787. The van der Waals surface area contributed by atoms with Crippen LogP contribution >= 0.6 is 0 Å². The van der Waals surface area contributed by atoms with Crippen molar-refractivity contribution in [3.05, 3.63) is 24.3 Å². The molecule has 1 aliphatic rings. The molecule has 1 aliphatic heterocycles. The van der Waals surface area contributed by atoms with Gasteiger partial charge in [0.05, 0.1) is 17.1 Å². The number of benzene rings is 1. The van der Waals surface area contributed by atoms with Crippen LogP contribution in [0, 0.1) is 0 Å². The zero-order valence-electron chi connectivity index (χ0n) is 12.5. The molecule has 1 atom stereocenters. The summed E-state index contributed by atoms with van der Waals surface area (Å²) >= 11 is 0. The van der Waals surface area contributed by atoms with Crippen LogP contribution in [0.15, 0.2) is 29.2 Å². The summed E-state index contributed by atoms with van der Waals surface area (Å²) in [5.74, 6) is -5.31. The largest absolute Gasteiger partial charge is 0.480 e. The van der Waals surface area contributed by atoms with Gasteiger partial charge in [0.2, 0.25) is 15.7 Å². The average Bonchev–Trinajstić information content (AvgIpc) is 2.95. The van der Waals surface area contributed by atoms with E-state index >= 15 is 0 Å². The van der Waals surface area contributed by atoms with Crippen LogP contribution in [-0.2, 0) is 19.4 Å². The summed E-state index contributed by atoms with van der Waals surface area (Å²) < 4.78 is 48.7. The summed E-state index contributed by atoms with van der Waals surface area (Å²) in [4.78, 5) is 23.9. The first-order valence-electron chi connectivity index (χ1n) is 7.11. The number of carboxylic acids is 1. The number of anilines is 1. The first kappa shape index (κ1) is 18.3. The lowest BCUT2D eigenvalue weighted by Gasteiger charge is -2.20. The number of nitrogens with one attached hydrogen (secondary N) is 1. The van der Waals surface area contributed by atoms with Crippen molar-refractivity contribution in [2.45, 2.75) is 29.5 Å². The van der Waals surface area contributed by atoms with Crippen LogP contribution in [0.4, 0.5) is 14.5 Å². The molecule has 0 aromatic heterocycles. The lowest BCUT2D eigenvalue weighted by Crippen LogP contribution is -2.41. The van der Waals surface area contributed by atoms with E-state index in [9.17, 15) is 26.8 Å². The SMILES string of the molecule is O=C(CN1CCC[C@H]1C(=O)O)Nc1ccccc1S(=O)(=O)C(F)F. The number of likely N-dealkylation sites (tertiary alicyclic amines) is 1. The van der Waals surface area contributed by atoms with Crippen LogP contribution in [-0.4, -0.2) is 55.2 Å². The number of hydrogen-bond acceptors (Lipinski definition) is 5. The second-order valence-corrected chi connectivity index (χ2v) is 7.20. The highest BCUT2D eigenvalue weighted by atomic mass is 32.2. The molecule has 1 amide bonds. The minimum Gasteiger partial charge on any atom is -0.480 e. The van der Waals surface area contributed by atoms with Gasteiger partial charge < -0.3 is 10.4 Å². The fraction of sp³-hybridized carbons (Fsp3) is 0.429. The molecule has 1 fully saturated rings. The van der Waals surface area contributed by atoms with Gasteiger partial charge >= 0.3 is 11.7 Å². The first-order valence-corrected chi connectivity index (χ1v) is 8.66. The highest BCUT2D eigenvalue weighted by Gasteiger charge is 2.33. The van der Waals surface area contributed by atoms with Crippen LogP contribution in [0.5, 0.6) is 0 Å². The Kier molecular flexibility index (Phi) is 5.50. The van der Waals surface area contributed by atoms with Gasteiger partial charge in [0, 0.05) is 0 Å². The normalized spacial score (nSPS) is 18.7. The molecule has 0 bridgehead atoms. The molecule has 1 heterocycles. The molecule has 132 valence electrons. The predicted molar refractivity (Wildman–Crippen MR) is 80.5 cm³/mol. The number of carbonyl (C=O) groups excluding carboxylic acids is 1. The van der Waals surface area contributed by atoms with E-state index in [0.717, 1.165) is 6.07 Å². The topological polar surface area (TPSA) is 104 Å². The van der Waals surface area contributed by atoms with E-state index in [1.165, 1.54) is 23.1 Å².